The van der Waals surface area contributed by atoms with Gasteiger partial charge in [-0.2, -0.15) is 0 Å². The maximum absolute atomic E-state index is 10.9. The molecule has 0 heterocycles. The first-order valence-electron chi connectivity index (χ1n) is 3.95. The number of nitrogens with two attached hydrogens (primary N) is 2. The Morgan fingerprint density at radius 3 is 2.09 bits per heavy atom. The van der Waals surface area contributed by atoms with E-state index < -0.39 is 5.54 Å². The van der Waals surface area contributed by atoms with E-state index in [1.165, 1.54) is 0 Å². The highest BCUT2D eigenvalue weighted by Gasteiger charge is 2.44. The minimum Gasteiger partial charge on any atom is -0.368 e. The zero-order chi connectivity index (χ0) is 8.70. The second-order valence-corrected chi connectivity index (χ2v) is 4.36. The van der Waals surface area contributed by atoms with Crippen LogP contribution in [0.15, 0.2) is 0 Å². The maximum atomic E-state index is 10.9. The summed E-state index contributed by atoms with van der Waals surface area (Å²) in [5.41, 5.74) is 10.4. The molecule has 11 heavy (non-hydrogen) atoms. The van der Waals surface area contributed by atoms with Crippen LogP contribution in [-0.4, -0.2) is 11.4 Å². The molecule has 3 nitrogen and oxygen atoms in total. The summed E-state index contributed by atoms with van der Waals surface area (Å²) in [7, 11) is 0. The van der Waals surface area contributed by atoms with E-state index in [4.69, 9.17) is 11.5 Å². The molecule has 64 valence electrons. The molecule has 1 rings (SSSR count). The van der Waals surface area contributed by atoms with Crippen LogP contribution in [0.2, 0.25) is 0 Å². The number of amides is 1. The number of rotatable bonds is 1. The van der Waals surface area contributed by atoms with Crippen LogP contribution < -0.4 is 11.5 Å². The number of hydrogen-bond donors (Lipinski definition) is 2. The molecule has 1 atom stereocenters. The molecule has 1 saturated carbocycles. The van der Waals surface area contributed by atoms with Gasteiger partial charge < -0.3 is 11.5 Å². The molecule has 0 spiro atoms. The van der Waals surface area contributed by atoms with E-state index >= 15 is 0 Å². The van der Waals surface area contributed by atoms with E-state index in [9.17, 15) is 4.79 Å². The predicted molar refractivity (Wildman–Crippen MR) is 43.7 cm³/mol. The van der Waals surface area contributed by atoms with Crippen molar-refractivity contribution in [1.29, 1.82) is 0 Å². The molecule has 0 radical (unpaired) electrons. The molecule has 1 aliphatic rings. The van der Waals surface area contributed by atoms with Crippen LogP contribution in [0.1, 0.15) is 33.1 Å². The molecule has 0 aliphatic heterocycles. The Morgan fingerprint density at radius 1 is 1.36 bits per heavy atom. The smallest absolute Gasteiger partial charge is 0.237 e. The van der Waals surface area contributed by atoms with Crippen LogP contribution in [0.4, 0.5) is 0 Å². The zero-order valence-corrected chi connectivity index (χ0v) is 7.18. The van der Waals surface area contributed by atoms with Crippen molar-refractivity contribution >= 4 is 5.91 Å². The Balaban J connectivity index is 2.73. The fourth-order valence-electron chi connectivity index (χ4n) is 1.80. The SMILES string of the molecule is CC1(C)CCC(N)(C(N)=O)C1. The Kier molecular flexibility index (Phi) is 1.71. The van der Waals surface area contributed by atoms with E-state index in [0.717, 1.165) is 19.3 Å². The molecule has 0 bridgehead atoms. The molecule has 3 heteroatoms. The Labute approximate surface area is 67.1 Å². The van der Waals surface area contributed by atoms with Gasteiger partial charge in [0.1, 0.15) is 0 Å². The van der Waals surface area contributed by atoms with Gasteiger partial charge in [-0.05, 0) is 24.7 Å². The largest absolute Gasteiger partial charge is 0.368 e. The number of hydrogen-bond acceptors (Lipinski definition) is 2. The summed E-state index contributed by atoms with van der Waals surface area (Å²) in [6.07, 6.45) is 2.44. The second-order valence-electron chi connectivity index (χ2n) is 4.36. The molecular weight excluding hydrogens is 140 g/mol. The van der Waals surface area contributed by atoms with Gasteiger partial charge >= 0.3 is 0 Å². The lowest BCUT2D eigenvalue weighted by Crippen LogP contribution is -2.50. The molecule has 0 aromatic heterocycles. The first-order chi connectivity index (χ1) is 4.86. The van der Waals surface area contributed by atoms with Gasteiger partial charge in [-0.25, -0.2) is 0 Å². The lowest BCUT2D eigenvalue weighted by atomic mass is 9.88. The van der Waals surface area contributed by atoms with Crippen molar-refractivity contribution in [3.63, 3.8) is 0 Å². The standard InChI is InChI=1S/C8H16N2O/c1-7(2)3-4-8(10,5-7)6(9)11/h3-5,10H2,1-2H3,(H2,9,11). The monoisotopic (exact) mass is 156 g/mol. The fourth-order valence-corrected chi connectivity index (χ4v) is 1.80. The van der Waals surface area contributed by atoms with Gasteiger partial charge in [0.05, 0.1) is 5.54 Å². The minimum atomic E-state index is -0.733. The van der Waals surface area contributed by atoms with Crippen molar-refractivity contribution < 1.29 is 4.79 Å². The number of carbonyl (C=O) groups excluding carboxylic acids is 1. The highest BCUT2D eigenvalue weighted by molar-refractivity contribution is 5.84. The van der Waals surface area contributed by atoms with Crippen LogP contribution in [0.25, 0.3) is 0 Å². The third-order valence-corrected chi connectivity index (χ3v) is 2.53. The average Bonchev–Trinajstić information content (AvgIpc) is 2.08. The van der Waals surface area contributed by atoms with Gasteiger partial charge in [-0.3, -0.25) is 4.79 Å². The van der Waals surface area contributed by atoms with E-state index in [-0.39, 0.29) is 11.3 Å². The van der Waals surface area contributed by atoms with Crippen LogP contribution in [0.3, 0.4) is 0 Å². The van der Waals surface area contributed by atoms with Crippen molar-refractivity contribution in [3.05, 3.63) is 0 Å². The first kappa shape index (κ1) is 8.53. The van der Waals surface area contributed by atoms with Gasteiger partial charge in [0.25, 0.3) is 0 Å². The molecule has 0 aromatic carbocycles. The summed E-state index contributed by atoms with van der Waals surface area (Å²) in [5.74, 6) is -0.358. The molecule has 0 aromatic rings. The minimum absolute atomic E-state index is 0.184. The fraction of sp³-hybridized carbons (Fsp3) is 0.875. The Bertz CT molecular complexity index is 189. The summed E-state index contributed by atoms with van der Waals surface area (Å²) in [6, 6.07) is 0. The van der Waals surface area contributed by atoms with Crippen molar-refractivity contribution in [2.24, 2.45) is 16.9 Å². The van der Waals surface area contributed by atoms with E-state index in [1.54, 1.807) is 0 Å². The maximum Gasteiger partial charge on any atom is 0.237 e. The quantitative estimate of drug-likeness (QED) is 0.576. The lowest BCUT2D eigenvalue weighted by Gasteiger charge is -2.22. The van der Waals surface area contributed by atoms with Crippen molar-refractivity contribution in [1.82, 2.24) is 0 Å². The van der Waals surface area contributed by atoms with Gasteiger partial charge in [-0.1, -0.05) is 13.8 Å². The van der Waals surface area contributed by atoms with Gasteiger partial charge in [-0.15, -0.1) is 0 Å². The summed E-state index contributed by atoms with van der Waals surface area (Å²) < 4.78 is 0. The third-order valence-electron chi connectivity index (χ3n) is 2.53. The van der Waals surface area contributed by atoms with E-state index in [2.05, 4.69) is 13.8 Å². The molecule has 0 saturated heterocycles. The van der Waals surface area contributed by atoms with Crippen LogP contribution >= 0.6 is 0 Å². The zero-order valence-electron chi connectivity index (χ0n) is 7.18. The molecule has 1 aliphatic carbocycles. The Morgan fingerprint density at radius 2 is 1.91 bits per heavy atom. The van der Waals surface area contributed by atoms with Crippen LogP contribution in [-0.2, 0) is 4.79 Å². The number of primary amides is 1. The normalized spacial score (nSPS) is 35.5. The summed E-state index contributed by atoms with van der Waals surface area (Å²) in [6.45, 7) is 4.23. The van der Waals surface area contributed by atoms with E-state index in [0.29, 0.717) is 0 Å². The molecule has 4 N–H and O–H groups in total. The Hall–Kier alpha value is -0.570. The van der Waals surface area contributed by atoms with Crippen molar-refractivity contribution in [3.8, 4) is 0 Å². The summed E-state index contributed by atoms with van der Waals surface area (Å²) >= 11 is 0. The molecular formula is C8H16N2O. The predicted octanol–water partition coefficient (Wildman–Crippen LogP) is 0.379. The second kappa shape index (κ2) is 2.21. The van der Waals surface area contributed by atoms with E-state index in [1.807, 2.05) is 0 Å². The third kappa shape index (κ3) is 1.53. The van der Waals surface area contributed by atoms with Crippen molar-refractivity contribution in [2.45, 2.75) is 38.6 Å². The molecule has 1 amide bonds. The molecule has 1 fully saturated rings. The summed E-state index contributed by atoms with van der Waals surface area (Å²) in [5, 5.41) is 0. The highest BCUT2D eigenvalue weighted by Crippen LogP contribution is 2.41. The highest BCUT2D eigenvalue weighted by atomic mass is 16.1. The first-order valence-corrected chi connectivity index (χ1v) is 3.95. The van der Waals surface area contributed by atoms with Crippen molar-refractivity contribution in [2.75, 3.05) is 0 Å². The van der Waals surface area contributed by atoms with Gasteiger partial charge in [0.15, 0.2) is 0 Å². The van der Waals surface area contributed by atoms with Gasteiger partial charge in [0, 0.05) is 0 Å². The lowest BCUT2D eigenvalue weighted by molar-refractivity contribution is -0.123. The summed E-state index contributed by atoms with van der Waals surface area (Å²) in [4.78, 5) is 10.9. The number of carbonyl (C=O) groups is 1. The molecule has 1 unspecified atom stereocenters. The van der Waals surface area contributed by atoms with Crippen LogP contribution in [0, 0.1) is 5.41 Å². The average molecular weight is 156 g/mol. The van der Waals surface area contributed by atoms with Gasteiger partial charge in [0.2, 0.25) is 5.91 Å². The topological polar surface area (TPSA) is 69.1 Å². The van der Waals surface area contributed by atoms with Crippen LogP contribution in [0.5, 0.6) is 0 Å².